The van der Waals surface area contributed by atoms with Crippen LogP contribution in [-0.2, 0) is 17.9 Å². The molecule has 16 heavy (non-hydrogen) atoms. The molecule has 1 aromatic heterocycles. The molecular formula is C13H21NO2. The van der Waals surface area contributed by atoms with Crippen LogP contribution in [0, 0.1) is 0 Å². The summed E-state index contributed by atoms with van der Waals surface area (Å²) in [6, 6.07) is 2.52. The third-order valence-corrected chi connectivity index (χ3v) is 3.04. The molecule has 90 valence electrons. The molecule has 0 amide bonds. The average molecular weight is 223 g/mol. The lowest BCUT2D eigenvalue weighted by atomic mass is 9.96. The predicted molar refractivity (Wildman–Crippen MR) is 63.1 cm³/mol. The molecule has 1 N–H and O–H groups in total. The van der Waals surface area contributed by atoms with Gasteiger partial charge in [0.15, 0.2) is 0 Å². The van der Waals surface area contributed by atoms with E-state index in [0.29, 0.717) is 18.8 Å². The Morgan fingerprint density at radius 1 is 1.50 bits per heavy atom. The van der Waals surface area contributed by atoms with Crippen molar-refractivity contribution >= 4 is 0 Å². The molecule has 0 unspecified atom stereocenters. The van der Waals surface area contributed by atoms with Crippen LogP contribution in [0.4, 0.5) is 0 Å². The summed E-state index contributed by atoms with van der Waals surface area (Å²) in [7, 11) is 0. The van der Waals surface area contributed by atoms with Crippen molar-refractivity contribution in [3.63, 3.8) is 0 Å². The zero-order valence-electron chi connectivity index (χ0n) is 10.2. The van der Waals surface area contributed by atoms with Gasteiger partial charge in [-0.1, -0.05) is 13.8 Å². The normalized spacial score (nSPS) is 16.7. The summed E-state index contributed by atoms with van der Waals surface area (Å²) >= 11 is 0. The summed E-state index contributed by atoms with van der Waals surface area (Å²) in [5, 5.41) is 3.39. The fraction of sp³-hybridized carbons (Fsp3) is 0.692. The van der Waals surface area contributed by atoms with Gasteiger partial charge < -0.3 is 14.5 Å². The predicted octanol–water partition coefficient (Wildman–Crippen LogP) is 2.85. The molecule has 0 aliphatic heterocycles. The molecule has 1 fully saturated rings. The zero-order valence-corrected chi connectivity index (χ0v) is 10.2. The van der Waals surface area contributed by atoms with Crippen molar-refractivity contribution in [2.24, 2.45) is 0 Å². The molecule has 3 heteroatoms. The van der Waals surface area contributed by atoms with Gasteiger partial charge in [-0.2, -0.15) is 0 Å². The smallest absolute Gasteiger partial charge is 0.133 e. The minimum atomic E-state index is 0.469. The highest BCUT2D eigenvalue weighted by Crippen LogP contribution is 2.24. The van der Waals surface area contributed by atoms with E-state index in [-0.39, 0.29) is 0 Å². The third-order valence-electron chi connectivity index (χ3n) is 3.04. The van der Waals surface area contributed by atoms with E-state index in [9.17, 15) is 0 Å². The molecule has 1 heterocycles. The van der Waals surface area contributed by atoms with Gasteiger partial charge in [0.25, 0.3) is 0 Å². The summed E-state index contributed by atoms with van der Waals surface area (Å²) in [6.07, 6.45) is 5.94. The van der Waals surface area contributed by atoms with Crippen molar-refractivity contribution in [2.75, 3.05) is 0 Å². The van der Waals surface area contributed by atoms with E-state index in [1.807, 2.05) is 6.07 Å². The molecule has 3 nitrogen and oxygen atoms in total. The van der Waals surface area contributed by atoms with Crippen LogP contribution >= 0.6 is 0 Å². The second kappa shape index (κ2) is 5.51. The van der Waals surface area contributed by atoms with Crippen molar-refractivity contribution < 1.29 is 9.15 Å². The minimum absolute atomic E-state index is 0.469. The second-order valence-electron chi connectivity index (χ2n) is 4.77. The Morgan fingerprint density at radius 3 is 2.94 bits per heavy atom. The van der Waals surface area contributed by atoms with Crippen molar-refractivity contribution in [3.8, 4) is 0 Å². The summed E-state index contributed by atoms with van der Waals surface area (Å²) in [4.78, 5) is 0. The van der Waals surface area contributed by atoms with Crippen LogP contribution in [0.2, 0.25) is 0 Å². The van der Waals surface area contributed by atoms with Crippen LogP contribution in [0.3, 0.4) is 0 Å². The Morgan fingerprint density at radius 2 is 2.31 bits per heavy atom. The monoisotopic (exact) mass is 223 g/mol. The van der Waals surface area contributed by atoms with Crippen LogP contribution in [0.15, 0.2) is 16.7 Å². The fourth-order valence-electron chi connectivity index (χ4n) is 1.70. The summed E-state index contributed by atoms with van der Waals surface area (Å²) in [5.74, 6) is 0.972. The molecule has 1 aromatic rings. The van der Waals surface area contributed by atoms with E-state index in [1.54, 1.807) is 6.26 Å². The first-order valence-electron chi connectivity index (χ1n) is 6.16. The number of rotatable bonds is 6. The number of furan rings is 1. The Bertz CT molecular complexity index is 315. The first kappa shape index (κ1) is 11.7. The van der Waals surface area contributed by atoms with Crippen LogP contribution in [-0.4, -0.2) is 12.1 Å². The fourth-order valence-corrected chi connectivity index (χ4v) is 1.70. The second-order valence-corrected chi connectivity index (χ2v) is 4.77. The van der Waals surface area contributed by atoms with Crippen molar-refractivity contribution in [2.45, 2.75) is 58.4 Å². The van der Waals surface area contributed by atoms with Gasteiger partial charge in [-0.15, -0.1) is 0 Å². The molecule has 0 bridgehead atoms. The topological polar surface area (TPSA) is 34.4 Å². The Labute approximate surface area is 97.2 Å². The molecule has 1 aliphatic rings. The highest BCUT2D eigenvalue weighted by molar-refractivity contribution is 5.16. The third kappa shape index (κ3) is 3.09. The highest BCUT2D eigenvalue weighted by Gasteiger charge is 2.19. The van der Waals surface area contributed by atoms with Crippen LogP contribution < -0.4 is 5.32 Å². The van der Waals surface area contributed by atoms with Gasteiger partial charge in [0.05, 0.1) is 12.4 Å². The lowest BCUT2D eigenvalue weighted by Gasteiger charge is -2.25. The summed E-state index contributed by atoms with van der Waals surface area (Å²) < 4.78 is 11.2. The van der Waals surface area contributed by atoms with Gasteiger partial charge in [0.1, 0.15) is 12.4 Å². The van der Waals surface area contributed by atoms with Gasteiger partial charge >= 0.3 is 0 Å². The van der Waals surface area contributed by atoms with Gasteiger partial charge in [-0.05, 0) is 25.3 Å². The maximum absolute atomic E-state index is 5.75. The molecule has 0 aromatic carbocycles. The number of ether oxygens (including phenoxy) is 1. The standard InChI is InChI=1S/C13H21NO2/c1-10(2)14-8-11-6-7-15-13(11)9-16-12-4-3-5-12/h6-7,10,12,14H,3-5,8-9H2,1-2H3. The highest BCUT2D eigenvalue weighted by atomic mass is 16.5. The Hall–Kier alpha value is -0.800. The van der Waals surface area contributed by atoms with E-state index >= 15 is 0 Å². The quantitative estimate of drug-likeness (QED) is 0.805. The van der Waals surface area contributed by atoms with Gasteiger partial charge in [0, 0.05) is 18.2 Å². The van der Waals surface area contributed by atoms with E-state index in [2.05, 4.69) is 19.2 Å². The molecule has 1 saturated carbocycles. The number of hydrogen-bond donors (Lipinski definition) is 1. The van der Waals surface area contributed by atoms with Crippen molar-refractivity contribution in [3.05, 3.63) is 23.7 Å². The SMILES string of the molecule is CC(C)NCc1ccoc1COC1CCC1. The van der Waals surface area contributed by atoms with Gasteiger partial charge in [0.2, 0.25) is 0 Å². The van der Waals surface area contributed by atoms with Crippen LogP contribution in [0.1, 0.15) is 44.4 Å². The van der Waals surface area contributed by atoms with E-state index in [0.717, 1.165) is 12.3 Å². The summed E-state index contributed by atoms with van der Waals surface area (Å²) in [5.41, 5.74) is 1.22. The Balaban J connectivity index is 1.80. The van der Waals surface area contributed by atoms with E-state index < -0.39 is 0 Å². The minimum Gasteiger partial charge on any atom is -0.467 e. The summed E-state index contributed by atoms with van der Waals surface area (Å²) in [6.45, 7) is 5.76. The largest absolute Gasteiger partial charge is 0.467 e. The maximum Gasteiger partial charge on any atom is 0.133 e. The maximum atomic E-state index is 5.75. The Kier molecular flexibility index (Phi) is 4.02. The van der Waals surface area contributed by atoms with Gasteiger partial charge in [-0.3, -0.25) is 0 Å². The first-order valence-corrected chi connectivity index (χ1v) is 6.16. The van der Waals surface area contributed by atoms with Crippen LogP contribution in [0.5, 0.6) is 0 Å². The van der Waals surface area contributed by atoms with Crippen LogP contribution in [0.25, 0.3) is 0 Å². The molecule has 0 radical (unpaired) electrons. The van der Waals surface area contributed by atoms with Crippen molar-refractivity contribution in [1.82, 2.24) is 5.32 Å². The number of hydrogen-bond acceptors (Lipinski definition) is 3. The lowest BCUT2D eigenvalue weighted by molar-refractivity contribution is -0.0161. The van der Waals surface area contributed by atoms with E-state index in [1.165, 1.54) is 24.8 Å². The molecule has 0 spiro atoms. The van der Waals surface area contributed by atoms with E-state index in [4.69, 9.17) is 9.15 Å². The van der Waals surface area contributed by atoms with Gasteiger partial charge in [-0.25, -0.2) is 0 Å². The average Bonchev–Trinajstić information content (AvgIpc) is 2.60. The lowest BCUT2D eigenvalue weighted by Crippen LogP contribution is -2.23. The molecule has 2 rings (SSSR count). The molecular weight excluding hydrogens is 202 g/mol. The zero-order chi connectivity index (χ0) is 11.4. The van der Waals surface area contributed by atoms with Crippen molar-refractivity contribution in [1.29, 1.82) is 0 Å². The molecule has 1 aliphatic carbocycles. The molecule has 0 saturated heterocycles. The number of nitrogens with one attached hydrogen (secondary N) is 1. The molecule has 0 atom stereocenters. The first-order chi connectivity index (χ1) is 7.75.